The van der Waals surface area contributed by atoms with Crippen LogP contribution in [0, 0.1) is 0 Å². The molecule has 2 aromatic rings. The highest BCUT2D eigenvalue weighted by Gasteiger charge is 2.37. The number of anilines is 1. The van der Waals surface area contributed by atoms with E-state index in [2.05, 4.69) is 21.2 Å². The first-order chi connectivity index (χ1) is 11.9. The van der Waals surface area contributed by atoms with Crippen LogP contribution in [0.4, 0.5) is 5.69 Å². The van der Waals surface area contributed by atoms with Gasteiger partial charge in [0.2, 0.25) is 5.91 Å². The molecule has 2 amide bonds. The van der Waals surface area contributed by atoms with Gasteiger partial charge in [-0.05, 0) is 45.8 Å². The van der Waals surface area contributed by atoms with E-state index in [9.17, 15) is 14.7 Å². The number of likely N-dealkylation sites (N-methyl/N-ethyl adjacent to an activating group) is 1. The Morgan fingerprint density at radius 3 is 2.68 bits per heavy atom. The first-order valence-electron chi connectivity index (χ1n) is 7.76. The van der Waals surface area contributed by atoms with Crippen molar-refractivity contribution in [1.29, 1.82) is 0 Å². The Morgan fingerprint density at radius 1 is 1.28 bits per heavy atom. The molecule has 0 unspecified atom stereocenters. The van der Waals surface area contributed by atoms with Crippen LogP contribution in [-0.2, 0) is 4.79 Å². The molecule has 1 heterocycles. The minimum Gasteiger partial charge on any atom is -0.507 e. The number of hydrogen-bond donors (Lipinski definition) is 2. The first kappa shape index (κ1) is 17.3. The zero-order valence-electron chi connectivity index (χ0n) is 13.9. The second-order valence-electron chi connectivity index (χ2n) is 5.82. The van der Waals surface area contributed by atoms with E-state index >= 15 is 0 Å². The van der Waals surface area contributed by atoms with E-state index in [4.69, 9.17) is 0 Å². The lowest BCUT2D eigenvalue weighted by molar-refractivity contribution is -0.119. The monoisotopic (exact) mass is 403 g/mol. The van der Waals surface area contributed by atoms with E-state index in [1.165, 1.54) is 0 Å². The van der Waals surface area contributed by atoms with Gasteiger partial charge in [-0.25, -0.2) is 0 Å². The molecule has 0 radical (unpaired) electrons. The third-order valence-corrected chi connectivity index (χ3v) is 4.92. The van der Waals surface area contributed by atoms with E-state index in [-0.39, 0.29) is 24.1 Å². The highest BCUT2D eigenvalue weighted by atomic mass is 79.9. The molecule has 7 heteroatoms. The number of carbonyl (C=O) groups excluding carboxylic acids is 2. The minimum atomic E-state index is -0.461. The van der Waals surface area contributed by atoms with E-state index in [1.807, 2.05) is 17.0 Å². The van der Waals surface area contributed by atoms with Gasteiger partial charge < -0.3 is 20.2 Å². The van der Waals surface area contributed by atoms with Crippen molar-refractivity contribution in [2.75, 3.05) is 25.5 Å². The smallest absolute Gasteiger partial charge is 0.257 e. The SMILES string of the molecule is CNC(=O)CN1c2ccccc2C(=O)N(C)[C@H]1c1ccc(O)c(Br)c1. The number of benzene rings is 2. The number of fused-ring (bicyclic) bond motifs is 1. The Kier molecular flexibility index (Phi) is 4.67. The number of nitrogens with one attached hydrogen (secondary N) is 1. The molecule has 0 bridgehead atoms. The van der Waals surface area contributed by atoms with Crippen LogP contribution in [-0.4, -0.2) is 42.5 Å². The van der Waals surface area contributed by atoms with Crippen LogP contribution in [0.5, 0.6) is 5.75 Å². The summed E-state index contributed by atoms with van der Waals surface area (Å²) in [6.07, 6.45) is -0.461. The van der Waals surface area contributed by atoms with Gasteiger partial charge in [0.1, 0.15) is 11.9 Å². The maximum absolute atomic E-state index is 12.8. The van der Waals surface area contributed by atoms with Crippen molar-refractivity contribution in [3.8, 4) is 5.75 Å². The normalized spacial score (nSPS) is 16.6. The number of amides is 2. The number of halogens is 1. The molecule has 2 N–H and O–H groups in total. The molecule has 0 saturated carbocycles. The fraction of sp³-hybridized carbons (Fsp3) is 0.222. The quantitative estimate of drug-likeness (QED) is 0.825. The van der Waals surface area contributed by atoms with Crippen LogP contribution in [0.2, 0.25) is 0 Å². The zero-order chi connectivity index (χ0) is 18.1. The van der Waals surface area contributed by atoms with Crippen molar-refractivity contribution in [2.24, 2.45) is 0 Å². The molecule has 0 aromatic heterocycles. The summed E-state index contributed by atoms with van der Waals surface area (Å²) < 4.78 is 0.532. The summed E-state index contributed by atoms with van der Waals surface area (Å²) in [7, 11) is 3.29. The molecule has 6 nitrogen and oxygen atoms in total. The van der Waals surface area contributed by atoms with E-state index in [0.717, 1.165) is 5.56 Å². The van der Waals surface area contributed by atoms with Crippen molar-refractivity contribution in [1.82, 2.24) is 10.2 Å². The lowest BCUT2D eigenvalue weighted by Gasteiger charge is -2.44. The zero-order valence-corrected chi connectivity index (χ0v) is 15.4. The van der Waals surface area contributed by atoms with Crippen molar-refractivity contribution in [3.05, 3.63) is 58.1 Å². The number of carbonyl (C=O) groups is 2. The Morgan fingerprint density at radius 2 is 2.00 bits per heavy atom. The predicted molar refractivity (Wildman–Crippen MR) is 98.5 cm³/mol. The Bertz CT molecular complexity index is 840. The average Bonchev–Trinajstić information content (AvgIpc) is 2.62. The van der Waals surface area contributed by atoms with E-state index in [1.54, 1.807) is 49.3 Å². The molecule has 130 valence electrons. The Hall–Kier alpha value is -2.54. The summed E-state index contributed by atoms with van der Waals surface area (Å²) in [6, 6.07) is 12.3. The predicted octanol–water partition coefficient (Wildman–Crippen LogP) is 2.49. The summed E-state index contributed by atoms with van der Waals surface area (Å²) in [4.78, 5) is 28.3. The number of phenolic OH excluding ortho intramolecular Hbond substituents is 1. The summed E-state index contributed by atoms with van der Waals surface area (Å²) in [5.41, 5.74) is 2.06. The molecule has 25 heavy (non-hydrogen) atoms. The summed E-state index contributed by atoms with van der Waals surface area (Å²) in [5.74, 6) is -0.148. The fourth-order valence-electron chi connectivity index (χ4n) is 3.04. The van der Waals surface area contributed by atoms with Gasteiger partial charge >= 0.3 is 0 Å². The van der Waals surface area contributed by atoms with Crippen molar-refractivity contribution < 1.29 is 14.7 Å². The van der Waals surface area contributed by atoms with Gasteiger partial charge in [-0.3, -0.25) is 9.59 Å². The topological polar surface area (TPSA) is 72.9 Å². The molecule has 1 aliphatic rings. The lowest BCUT2D eigenvalue weighted by atomic mass is 10.0. The molecule has 1 atom stereocenters. The van der Waals surface area contributed by atoms with Crippen molar-refractivity contribution in [3.63, 3.8) is 0 Å². The molecule has 3 rings (SSSR count). The summed E-state index contributed by atoms with van der Waals surface area (Å²) in [5, 5.41) is 12.4. The van der Waals surface area contributed by atoms with Crippen molar-refractivity contribution in [2.45, 2.75) is 6.17 Å². The van der Waals surface area contributed by atoms with Gasteiger partial charge in [0.25, 0.3) is 5.91 Å². The van der Waals surface area contributed by atoms with Crippen molar-refractivity contribution >= 4 is 33.4 Å². The molecule has 0 fully saturated rings. The van der Waals surface area contributed by atoms with Gasteiger partial charge in [-0.2, -0.15) is 0 Å². The third-order valence-electron chi connectivity index (χ3n) is 4.29. The first-order valence-corrected chi connectivity index (χ1v) is 8.55. The number of nitrogens with zero attached hydrogens (tertiary/aromatic N) is 2. The highest BCUT2D eigenvalue weighted by molar-refractivity contribution is 9.10. The van der Waals surface area contributed by atoms with E-state index in [0.29, 0.717) is 15.7 Å². The molecule has 0 aliphatic carbocycles. The molecule has 0 spiro atoms. The van der Waals surface area contributed by atoms with E-state index < -0.39 is 6.17 Å². The van der Waals surface area contributed by atoms with Crippen LogP contribution >= 0.6 is 15.9 Å². The molecular weight excluding hydrogens is 386 g/mol. The average molecular weight is 404 g/mol. The number of para-hydroxylation sites is 1. The number of hydrogen-bond acceptors (Lipinski definition) is 4. The molecule has 2 aromatic carbocycles. The Labute approximate surface area is 154 Å². The standard InChI is InChI=1S/C18H18BrN3O3/c1-20-16(24)10-22-14-6-4-3-5-12(14)18(25)21(2)17(22)11-7-8-15(23)13(19)9-11/h3-9,17,23H,10H2,1-2H3,(H,20,24)/t17-/m1/s1. The van der Waals surface area contributed by atoms with Crippen LogP contribution in [0.25, 0.3) is 0 Å². The second-order valence-corrected chi connectivity index (χ2v) is 6.67. The number of phenols is 1. The Balaban J connectivity index is 2.14. The van der Waals surface area contributed by atoms with Crippen LogP contribution < -0.4 is 10.2 Å². The number of rotatable bonds is 3. The van der Waals surface area contributed by atoms with Crippen LogP contribution in [0.3, 0.4) is 0 Å². The highest BCUT2D eigenvalue weighted by Crippen LogP contribution is 2.39. The van der Waals surface area contributed by atoms with Gasteiger partial charge in [-0.15, -0.1) is 0 Å². The number of aromatic hydroxyl groups is 1. The molecular formula is C18H18BrN3O3. The maximum atomic E-state index is 12.8. The summed E-state index contributed by atoms with van der Waals surface area (Å²) >= 11 is 3.31. The fourth-order valence-corrected chi connectivity index (χ4v) is 3.44. The van der Waals surface area contributed by atoms with Gasteiger partial charge in [0.15, 0.2) is 0 Å². The third kappa shape index (κ3) is 3.07. The maximum Gasteiger partial charge on any atom is 0.257 e. The molecule has 1 aliphatic heterocycles. The van der Waals surface area contributed by atoms with Gasteiger partial charge in [-0.1, -0.05) is 18.2 Å². The second kappa shape index (κ2) is 6.76. The van der Waals surface area contributed by atoms with Crippen LogP contribution in [0.1, 0.15) is 22.1 Å². The lowest BCUT2D eigenvalue weighted by Crippen LogP contribution is -2.50. The summed E-state index contributed by atoms with van der Waals surface area (Å²) in [6.45, 7) is 0.105. The largest absolute Gasteiger partial charge is 0.507 e. The molecule has 0 saturated heterocycles. The van der Waals surface area contributed by atoms with Gasteiger partial charge in [0.05, 0.1) is 22.3 Å². The van der Waals surface area contributed by atoms with Crippen LogP contribution in [0.15, 0.2) is 46.9 Å². The van der Waals surface area contributed by atoms with Gasteiger partial charge in [0, 0.05) is 14.1 Å². The minimum absolute atomic E-state index is 0.105.